The third-order valence-electron chi connectivity index (χ3n) is 4.37. The number of carboxylic acid groups (broad SMARTS) is 1. The van der Waals surface area contributed by atoms with Crippen LogP contribution in [0.4, 0.5) is 0 Å². The molecule has 7 heteroatoms. The highest BCUT2D eigenvalue weighted by atomic mass is 16.5. The van der Waals surface area contributed by atoms with Crippen molar-refractivity contribution >= 4 is 28.6 Å². The topological polar surface area (TPSA) is 95.9 Å². The molecular weight excluding hydrogens is 336 g/mol. The second kappa shape index (κ2) is 7.97. The number of amides is 2. The zero-order chi connectivity index (χ0) is 18.5. The van der Waals surface area contributed by atoms with Gasteiger partial charge in [-0.3, -0.25) is 9.59 Å². The molecule has 7 nitrogen and oxygen atoms in total. The molecule has 0 radical (unpaired) electrons. The maximum Gasteiger partial charge on any atom is 0.328 e. The van der Waals surface area contributed by atoms with Gasteiger partial charge in [-0.25, -0.2) is 4.79 Å². The lowest BCUT2D eigenvalue weighted by Crippen LogP contribution is -2.53. The molecule has 1 heterocycles. The number of nitrogens with one attached hydrogen (secondary N) is 1. The Labute approximate surface area is 150 Å². The van der Waals surface area contributed by atoms with Gasteiger partial charge in [0.1, 0.15) is 0 Å². The summed E-state index contributed by atoms with van der Waals surface area (Å²) in [6, 6.07) is 12.2. The van der Waals surface area contributed by atoms with E-state index < -0.39 is 12.0 Å². The second-order valence-corrected chi connectivity index (χ2v) is 6.08. The second-order valence-electron chi connectivity index (χ2n) is 6.08. The fourth-order valence-corrected chi connectivity index (χ4v) is 2.97. The Bertz CT molecular complexity index is 836. The Balaban J connectivity index is 1.55. The number of benzene rings is 2. The molecule has 1 atom stereocenters. The van der Waals surface area contributed by atoms with Crippen LogP contribution < -0.4 is 5.32 Å². The van der Waals surface area contributed by atoms with Crippen molar-refractivity contribution in [1.82, 2.24) is 10.2 Å². The summed E-state index contributed by atoms with van der Waals surface area (Å²) >= 11 is 0. The van der Waals surface area contributed by atoms with E-state index in [4.69, 9.17) is 9.84 Å². The van der Waals surface area contributed by atoms with E-state index in [1.807, 2.05) is 30.3 Å². The van der Waals surface area contributed by atoms with Crippen LogP contribution in [0.3, 0.4) is 0 Å². The van der Waals surface area contributed by atoms with E-state index in [9.17, 15) is 14.4 Å². The number of rotatable bonds is 5. The fraction of sp³-hybridized carbons (Fsp3) is 0.316. The SMILES string of the molecule is O=C(NCCC(=O)N1CCOCC1C(=O)O)c1ccc2ccccc2c1. The molecule has 1 aliphatic heterocycles. The van der Waals surface area contributed by atoms with Crippen LogP contribution in [0.15, 0.2) is 42.5 Å². The third kappa shape index (κ3) is 4.00. The fourth-order valence-electron chi connectivity index (χ4n) is 2.97. The Morgan fingerprint density at radius 1 is 1.15 bits per heavy atom. The molecule has 1 unspecified atom stereocenters. The van der Waals surface area contributed by atoms with Crippen LogP contribution >= 0.6 is 0 Å². The van der Waals surface area contributed by atoms with Crippen LogP contribution in [-0.4, -0.2) is 60.1 Å². The van der Waals surface area contributed by atoms with Gasteiger partial charge >= 0.3 is 5.97 Å². The van der Waals surface area contributed by atoms with Gasteiger partial charge in [0.25, 0.3) is 5.91 Å². The van der Waals surface area contributed by atoms with Gasteiger partial charge in [-0.1, -0.05) is 30.3 Å². The monoisotopic (exact) mass is 356 g/mol. The third-order valence-corrected chi connectivity index (χ3v) is 4.37. The molecule has 1 saturated heterocycles. The highest BCUT2D eigenvalue weighted by Gasteiger charge is 2.32. The molecule has 3 rings (SSSR count). The van der Waals surface area contributed by atoms with Gasteiger partial charge in [0, 0.05) is 25.1 Å². The smallest absolute Gasteiger partial charge is 0.328 e. The molecule has 0 aliphatic carbocycles. The van der Waals surface area contributed by atoms with Crippen LogP contribution in [0.1, 0.15) is 16.8 Å². The van der Waals surface area contributed by atoms with E-state index >= 15 is 0 Å². The van der Waals surface area contributed by atoms with Crippen molar-refractivity contribution in [2.45, 2.75) is 12.5 Å². The summed E-state index contributed by atoms with van der Waals surface area (Å²) in [4.78, 5) is 37.0. The van der Waals surface area contributed by atoms with E-state index in [1.54, 1.807) is 12.1 Å². The highest BCUT2D eigenvalue weighted by molar-refractivity contribution is 5.98. The van der Waals surface area contributed by atoms with E-state index in [0.717, 1.165) is 10.8 Å². The standard InChI is InChI=1S/C19H20N2O5/c22-17(21-9-10-26-12-16(21)19(24)25)7-8-20-18(23)15-6-5-13-3-1-2-4-14(13)11-15/h1-6,11,16H,7-10,12H2,(H,20,23)(H,24,25). The molecule has 2 N–H and O–H groups in total. The van der Waals surface area contributed by atoms with Crippen LogP contribution in [-0.2, 0) is 14.3 Å². The Hall–Kier alpha value is -2.93. The maximum absolute atomic E-state index is 12.3. The molecule has 0 saturated carbocycles. The first-order valence-electron chi connectivity index (χ1n) is 8.43. The molecular formula is C19H20N2O5. The number of hydrogen-bond acceptors (Lipinski definition) is 4. The minimum absolute atomic E-state index is 0.00940. The Morgan fingerprint density at radius 2 is 1.92 bits per heavy atom. The van der Waals surface area contributed by atoms with Crippen LogP contribution in [0.2, 0.25) is 0 Å². The van der Waals surface area contributed by atoms with Crippen molar-refractivity contribution in [1.29, 1.82) is 0 Å². The van der Waals surface area contributed by atoms with Crippen molar-refractivity contribution < 1.29 is 24.2 Å². The first-order chi connectivity index (χ1) is 12.6. The van der Waals surface area contributed by atoms with Gasteiger partial charge in [-0.15, -0.1) is 0 Å². The highest BCUT2D eigenvalue weighted by Crippen LogP contribution is 2.15. The number of hydrogen-bond donors (Lipinski definition) is 2. The van der Waals surface area contributed by atoms with Gasteiger partial charge in [0.15, 0.2) is 6.04 Å². The summed E-state index contributed by atoms with van der Waals surface area (Å²) in [7, 11) is 0. The van der Waals surface area contributed by atoms with Crippen LogP contribution in [0.5, 0.6) is 0 Å². The predicted octanol–water partition coefficient (Wildman–Crippen LogP) is 1.27. The van der Waals surface area contributed by atoms with E-state index in [-0.39, 0.29) is 37.9 Å². The number of nitrogens with zero attached hydrogens (tertiary/aromatic N) is 1. The number of morpholine rings is 1. The zero-order valence-electron chi connectivity index (χ0n) is 14.2. The normalized spacial score (nSPS) is 17.1. The lowest BCUT2D eigenvalue weighted by atomic mass is 10.1. The van der Waals surface area contributed by atoms with E-state index in [2.05, 4.69) is 5.32 Å². The first-order valence-corrected chi connectivity index (χ1v) is 8.43. The number of carbonyl (C=O) groups is 3. The van der Waals surface area contributed by atoms with Gasteiger partial charge in [0.05, 0.1) is 13.2 Å². The minimum atomic E-state index is -1.08. The molecule has 2 aromatic carbocycles. The van der Waals surface area contributed by atoms with Crippen molar-refractivity contribution in [3.8, 4) is 0 Å². The van der Waals surface area contributed by atoms with Crippen molar-refractivity contribution in [3.63, 3.8) is 0 Å². The van der Waals surface area contributed by atoms with Gasteiger partial charge in [-0.2, -0.15) is 0 Å². The van der Waals surface area contributed by atoms with Crippen molar-refractivity contribution in [2.24, 2.45) is 0 Å². The summed E-state index contributed by atoms with van der Waals surface area (Å²) in [5.74, 6) is -1.65. The van der Waals surface area contributed by atoms with Gasteiger partial charge in [-0.05, 0) is 22.9 Å². The lowest BCUT2D eigenvalue weighted by Gasteiger charge is -2.32. The van der Waals surface area contributed by atoms with Crippen LogP contribution in [0, 0.1) is 0 Å². The summed E-state index contributed by atoms with van der Waals surface area (Å²) in [6.07, 6.45) is 0.0447. The Morgan fingerprint density at radius 3 is 2.69 bits per heavy atom. The summed E-state index contributed by atoms with van der Waals surface area (Å²) < 4.78 is 5.12. The summed E-state index contributed by atoms with van der Waals surface area (Å²) in [5.41, 5.74) is 0.519. The minimum Gasteiger partial charge on any atom is -0.480 e. The molecule has 26 heavy (non-hydrogen) atoms. The molecule has 0 spiro atoms. The average Bonchev–Trinajstić information content (AvgIpc) is 2.67. The maximum atomic E-state index is 12.3. The molecule has 0 bridgehead atoms. The molecule has 2 aromatic rings. The van der Waals surface area contributed by atoms with Crippen LogP contribution in [0.25, 0.3) is 10.8 Å². The van der Waals surface area contributed by atoms with Gasteiger partial charge in [0.2, 0.25) is 5.91 Å². The van der Waals surface area contributed by atoms with E-state index in [0.29, 0.717) is 12.2 Å². The quantitative estimate of drug-likeness (QED) is 0.841. The van der Waals surface area contributed by atoms with Gasteiger partial charge < -0.3 is 20.1 Å². The van der Waals surface area contributed by atoms with Crippen molar-refractivity contribution in [3.05, 3.63) is 48.0 Å². The van der Waals surface area contributed by atoms with Crippen molar-refractivity contribution in [2.75, 3.05) is 26.3 Å². The predicted molar refractivity (Wildman–Crippen MR) is 94.9 cm³/mol. The number of fused-ring (bicyclic) bond motifs is 1. The number of aliphatic carboxylic acids is 1. The molecule has 2 amide bonds. The zero-order valence-corrected chi connectivity index (χ0v) is 14.2. The molecule has 0 aromatic heterocycles. The molecule has 1 fully saturated rings. The number of carboxylic acids is 1. The molecule has 1 aliphatic rings. The largest absolute Gasteiger partial charge is 0.480 e. The summed E-state index contributed by atoms with van der Waals surface area (Å²) in [6.45, 7) is 0.700. The number of ether oxygens (including phenoxy) is 1. The first kappa shape index (κ1) is 17.9. The summed E-state index contributed by atoms with van der Waals surface area (Å²) in [5, 5.41) is 13.9. The lowest BCUT2D eigenvalue weighted by molar-refractivity contribution is -0.158. The number of carbonyl (C=O) groups excluding carboxylic acids is 2. The average molecular weight is 356 g/mol. The Kier molecular flexibility index (Phi) is 5.48. The molecule has 136 valence electrons. The van der Waals surface area contributed by atoms with E-state index in [1.165, 1.54) is 4.90 Å².